The topological polar surface area (TPSA) is 37.8 Å². The SMILES string of the molecule is CCCNc1nc(-c2ccc(Cl)cc2)cc(C(F)(F)F)n1. The van der Waals surface area contributed by atoms with E-state index in [1.165, 1.54) is 0 Å². The fourth-order valence-corrected chi connectivity index (χ4v) is 1.80. The maximum Gasteiger partial charge on any atom is 0.433 e. The first-order chi connectivity index (χ1) is 9.90. The van der Waals surface area contributed by atoms with Crippen LogP contribution in [-0.4, -0.2) is 16.5 Å². The Bertz CT molecular complexity index is 612. The Morgan fingerprint density at radius 1 is 1.14 bits per heavy atom. The molecule has 0 amide bonds. The molecule has 0 saturated carbocycles. The standard InChI is InChI=1S/C14H13ClF3N3/c1-2-7-19-13-20-11(8-12(21-13)14(16,17)18)9-3-5-10(15)6-4-9/h3-6,8H,2,7H2,1H3,(H,19,20,21). The largest absolute Gasteiger partial charge is 0.433 e. The van der Waals surface area contributed by atoms with Crippen molar-refractivity contribution in [2.45, 2.75) is 19.5 Å². The van der Waals surface area contributed by atoms with Crippen LogP contribution in [-0.2, 0) is 6.18 Å². The number of benzene rings is 1. The number of hydrogen-bond donors (Lipinski definition) is 1. The minimum atomic E-state index is -4.52. The van der Waals surface area contributed by atoms with E-state index in [1.807, 2.05) is 6.92 Å². The Kier molecular flexibility index (Phi) is 4.67. The molecule has 21 heavy (non-hydrogen) atoms. The zero-order valence-corrected chi connectivity index (χ0v) is 12.0. The van der Waals surface area contributed by atoms with Crippen molar-refractivity contribution in [1.82, 2.24) is 9.97 Å². The molecule has 0 aliphatic carbocycles. The predicted octanol–water partition coefficient (Wildman–Crippen LogP) is 4.64. The summed E-state index contributed by atoms with van der Waals surface area (Å²) in [4.78, 5) is 7.63. The van der Waals surface area contributed by atoms with E-state index >= 15 is 0 Å². The second-order valence-corrected chi connectivity index (χ2v) is 4.83. The van der Waals surface area contributed by atoms with Crippen molar-refractivity contribution in [2.24, 2.45) is 0 Å². The molecular formula is C14H13ClF3N3. The highest BCUT2D eigenvalue weighted by Gasteiger charge is 2.33. The second kappa shape index (κ2) is 6.30. The van der Waals surface area contributed by atoms with Crippen molar-refractivity contribution in [3.8, 4) is 11.3 Å². The zero-order valence-electron chi connectivity index (χ0n) is 11.2. The Balaban J connectivity index is 2.46. The van der Waals surface area contributed by atoms with Crippen molar-refractivity contribution in [1.29, 1.82) is 0 Å². The van der Waals surface area contributed by atoms with E-state index in [-0.39, 0.29) is 11.6 Å². The number of nitrogens with zero attached hydrogens (tertiary/aromatic N) is 2. The quantitative estimate of drug-likeness (QED) is 0.893. The van der Waals surface area contributed by atoms with Gasteiger partial charge in [0.25, 0.3) is 0 Å². The maximum absolute atomic E-state index is 12.9. The van der Waals surface area contributed by atoms with Gasteiger partial charge in [-0.15, -0.1) is 0 Å². The summed E-state index contributed by atoms with van der Waals surface area (Å²) in [5.74, 6) is -0.0309. The van der Waals surface area contributed by atoms with E-state index in [2.05, 4.69) is 15.3 Å². The summed E-state index contributed by atoms with van der Waals surface area (Å²) in [6.45, 7) is 2.40. The van der Waals surface area contributed by atoms with Crippen LogP contribution in [0.25, 0.3) is 11.3 Å². The summed E-state index contributed by atoms with van der Waals surface area (Å²) in [7, 11) is 0. The van der Waals surface area contributed by atoms with Crippen LogP contribution >= 0.6 is 11.6 Å². The highest BCUT2D eigenvalue weighted by Crippen LogP contribution is 2.31. The highest BCUT2D eigenvalue weighted by atomic mass is 35.5. The van der Waals surface area contributed by atoms with Crippen molar-refractivity contribution < 1.29 is 13.2 Å². The molecule has 0 radical (unpaired) electrons. The van der Waals surface area contributed by atoms with Crippen LogP contribution in [0.1, 0.15) is 19.0 Å². The molecule has 0 aliphatic rings. The Morgan fingerprint density at radius 2 is 1.81 bits per heavy atom. The number of alkyl halides is 3. The van der Waals surface area contributed by atoms with Gasteiger partial charge >= 0.3 is 6.18 Å². The molecule has 0 aliphatic heterocycles. The third-order valence-electron chi connectivity index (χ3n) is 2.69. The van der Waals surface area contributed by atoms with Gasteiger partial charge in [0, 0.05) is 17.1 Å². The monoisotopic (exact) mass is 315 g/mol. The third kappa shape index (κ3) is 4.07. The van der Waals surface area contributed by atoms with Gasteiger partial charge < -0.3 is 5.32 Å². The van der Waals surface area contributed by atoms with Crippen LogP contribution in [0.15, 0.2) is 30.3 Å². The summed E-state index contributed by atoms with van der Waals surface area (Å²) in [5, 5.41) is 3.29. The molecule has 0 atom stereocenters. The van der Waals surface area contributed by atoms with Gasteiger partial charge in [0.2, 0.25) is 5.95 Å². The molecule has 2 aromatic rings. The van der Waals surface area contributed by atoms with Gasteiger partial charge in [-0.05, 0) is 24.6 Å². The van der Waals surface area contributed by atoms with Crippen molar-refractivity contribution in [2.75, 3.05) is 11.9 Å². The molecule has 112 valence electrons. The van der Waals surface area contributed by atoms with Gasteiger partial charge in [0.05, 0.1) is 5.69 Å². The average Bonchev–Trinajstić information content (AvgIpc) is 2.44. The Hall–Kier alpha value is -1.82. The Morgan fingerprint density at radius 3 is 2.38 bits per heavy atom. The van der Waals surface area contributed by atoms with Gasteiger partial charge in [-0.1, -0.05) is 30.7 Å². The van der Waals surface area contributed by atoms with Gasteiger partial charge in [0.15, 0.2) is 5.69 Å². The van der Waals surface area contributed by atoms with Crippen LogP contribution in [0.3, 0.4) is 0 Å². The maximum atomic E-state index is 12.9. The van der Waals surface area contributed by atoms with Crippen molar-refractivity contribution >= 4 is 17.5 Å². The molecule has 7 heteroatoms. The van der Waals surface area contributed by atoms with E-state index in [0.29, 0.717) is 17.1 Å². The van der Waals surface area contributed by atoms with E-state index in [9.17, 15) is 13.2 Å². The van der Waals surface area contributed by atoms with Gasteiger partial charge in [0.1, 0.15) is 0 Å². The van der Waals surface area contributed by atoms with Gasteiger partial charge in [-0.3, -0.25) is 0 Å². The molecule has 0 unspecified atom stereocenters. The minimum Gasteiger partial charge on any atom is -0.354 e. The van der Waals surface area contributed by atoms with Gasteiger partial charge in [-0.25, -0.2) is 9.97 Å². The molecule has 0 bridgehead atoms. The van der Waals surface area contributed by atoms with E-state index in [0.717, 1.165) is 12.5 Å². The lowest BCUT2D eigenvalue weighted by Crippen LogP contribution is -2.13. The predicted molar refractivity (Wildman–Crippen MR) is 76.3 cm³/mol. The van der Waals surface area contributed by atoms with E-state index in [4.69, 9.17) is 11.6 Å². The summed E-state index contributed by atoms with van der Waals surface area (Å²) in [6.07, 6.45) is -3.76. The molecule has 2 rings (SSSR count). The number of halogens is 4. The fraction of sp³-hybridized carbons (Fsp3) is 0.286. The molecule has 1 aromatic heterocycles. The number of nitrogens with one attached hydrogen (secondary N) is 1. The van der Waals surface area contributed by atoms with Crippen LogP contribution in [0.2, 0.25) is 5.02 Å². The number of anilines is 1. The van der Waals surface area contributed by atoms with Crippen LogP contribution < -0.4 is 5.32 Å². The zero-order chi connectivity index (χ0) is 15.5. The summed E-state index contributed by atoms with van der Waals surface area (Å²) < 4.78 is 38.7. The lowest BCUT2D eigenvalue weighted by Gasteiger charge is -2.11. The van der Waals surface area contributed by atoms with Gasteiger partial charge in [-0.2, -0.15) is 13.2 Å². The van der Waals surface area contributed by atoms with Crippen LogP contribution in [0.4, 0.5) is 19.1 Å². The first-order valence-corrected chi connectivity index (χ1v) is 6.74. The summed E-state index contributed by atoms with van der Waals surface area (Å²) in [6, 6.07) is 7.38. The lowest BCUT2D eigenvalue weighted by atomic mass is 10.1. The Labute approximate surface area is 125 Å². The molecule has 3 nitrogen and oxygen atoms in total. The molecule has 0 saturated heterocycles. The summed E-state index contributed by atoms with van der Waals surface area (Å²) in [5.41, 5.74) is -0.222. The van der Waals surface area contributed by atoms with Crippen molar-refractivity contribution in [3.05, 3.63) is 41.0 Å². The third-order valence-corrected chi connectivity index (χ3v) is 2.94. The van der Waals surface area contributed by atoms with Crippen LogP contribution in [0.5, 0.6) is 0 Å². The average molecular weight is 316 g/mol. The fourth-order valence-electron chi connectivity index (χ4n) is 1.68. The van der Waals surface area contributed by atoms with Crippen molar-refractivity contribution in [3.63, 3.8) is 0 Å². The minimum absolute atomic E-state index is 0.0309. The first-order valence-electron chi connectivity index (χ1n) is 6.36. The number of hydrogen-bond acceptors (Lipinski definition) is 3. The number of rotatable bonds is 4. The molecular weight excluding hydrogens is 303 g/mol. The highest BCUT2D eigenvalue weighted by molar-refractivity contribution is 6.30. The molecule has 1 aromatic carbocycles. The van der Waals surface area contributed by atoms with Crippen LogP contribution in [0, 0.1) is 0 Å². The summed E-state index contributed by atoms with van der Waals surface area (Å²) >= 11 is 5.78. The van der Waals surface area contributed by atoms with E-state index in [1.54, 1.807) is 24.3 Å². The molecule has 0 spiro atoms. The lowest BCUT2D eigenvalue weighted by molar-refractivity contribution is -0.141. The first kappa shape index (κ1) is 15.6. The molecule has 1 N–H and O–H groups in total. The van der Waals surface area contributed by atoms with E-state index < -0.39 is 11.9 Å². The molecule has 1 heterocycles. The molecule has 0 fully saturated rings. The smallest absolute Gasteiger partial charge is 0.354 e. The number of aromatic nitrogens is 2. The normalized spacial score (nSPS) is 11.5. The second-order valence-electron chi connectivity index (χ2n) is 4.39.